The van der Waals surface area contributed by atoms with Crippen molar-refractivity contribution in [3.63, 3.8) is 0 Å². The van der Waals surface area contributed by atoms with Gasteiger partial charge in [0.05, 0.1) is 12.0 Å². The molecule has 2 rings (SSSR count). The monoisotopic (exact) mass is 294 g/mol. The summed E-state index contributed by atoms with van der Waals surface area (Å²) in [6.07, 6.45) is 1.53. The Morgan fingerprint density at radius 2 is 2.14 bits per heavy atom. The van der Waals surface area contributed by atoms with E-state index in [1.54, 1.807) is 0 Å². The van der Waals surface area contributed by atoms with E-state index in [0.29, 0.717) is 0 Å². The van der Waals surface area contributed by atoms with Crippen molar-refractivity contribution < 1.29 is 24.4 Å². The van der Waals surface area contributed by atoms with E-state index in [0.717, 1.165) is 18.9 Å². The lowest BCUT2D eigenvalue weighted by Gasteiger charge is -2.13. The number of carbonyl (C=O) groups is 2. The van der Waals surface area contributed by atoms with Gasteiger partial charge in [-0.15, -0.1) is 0 Å². The predicted octanol–water partition coefficient (Wildman–Crippen LogP) is 1.20. The van der Waals surface area contributed by atoms with Gasteiger partial charge in [0.2, 0.25) is 0 Å². The molecule has 0 aliphatic heterocycles. The van der Waals surface area contributed by atoms with Gasteiger partial charge < -0.3 is 15.2 Å². The standard InChI is InChI=1S/C13H14N2O6/c1-21-10-6-8(4-5-9(10)15(19)20)12(16)14-11(13(17)18)7-2-3-7/h4-7,11H,2-3H2,1H3,(H,14,16)(H,17,18). The van der Waals surface area contributed by atoms with Gasteiger partial charge in [-0.25, -0.2) is 4.79 Å². The third kappa shape index (κ3) is 3.28. The molecule has 1 aromatic carbocycles. The summed E-state index contributed by atoms with van der Waals surface area (Å²) in [5, 5.41) is 22.3. The Balaban J connectivity index is 2.19. The molecular weight excluding hydrogens is 280 g/mol. The third-order valence-electron chi connectivity index (χ3n) is 3.28. The molecule has 8 heteroatoms. The molecule has 1 amide bonds. The molecule has 0 radical (unpaired) electrons. The predicted molar refractivity (Wildman–Crippen MR) is 71.3 cm³/mol. The van der Waals surface area contributed by atoms with Crippen LogP contribution in [0.25, 0.3) is 0 Å². The minimum Gasteiger partial charge on any atom is -0.490 e. The summed E-state index contributed by atoms with van der Waals surface area (Å²) in [5.41, 5.74) is -0.143. The number of benzene rings is 1. The van der Waals surface area contributed by atoms with Crippen LogP contribution in [-0.2, 0) is 4.79 Å². The minimum absolute atomic E-state index is 0.0496. The summed E-state index contributed by atoms with van der Waals surface area (Å²) in [6.45, 7) is 0. The van der Waals surface area contributed by atoms with Gasteiger partial charge >= 0.3 is 11.7 Å². The van der Waals surface area contributed by atoms with Gasteiger partial charge in [-0.3, -0.25) is 14.9 Å². The van der Waals surface area contributed by atoms with E-state index >= 15 is 0 Å². The zero-order chi connectivity index (χ0) is 15.6. The van der Waals surface area contributed by atoms with Crippen molar-refractivity contribution >= 4 is 17.6 Å². The Labute approximate surface area is 119 Å². The molecule has 1 fully saturated rings. The number of hydrogen-bond donors (Lipinski definition) is 2. The van der Waals surface area contributed by atoms with Gasteiger partial charge in [0.15, 0.2) is 5.75 Å². The van der Waals surface area contributed by atoms with Crippen LogP contribution in [0.3, 0.4) is 0 Å². The molecule has 1 aliphatic rings. The summed E-state index contributed by atoms with van der Waals surface area (Å²) >= 11 is 0. The topological polar surface area (TPSA) is 119 Å². The molecule has 0 bridgehead atoms. The second kappa shape index (κ2) is 5.78. The highest BCUT2D eigenvalue weighted by molar-refractivity contribution is 5.97. The number of hydrogen-bond acceptors (Lipinski definition) is 5. The number of nitrogens with zero attached hydrogens (tertiary/aromatic N) is 1. The third-order valence-corrected chi connectivity index (χ3v) is 3.28. The average Bonchev–Trinajstić information content (AvgIpc) is 3.27. The maximum Gasteiger partial charge on any atom is 0.326 e. The molecule has 1 aromatic rings. The molecule has 0 saturated heterocycles. The molecule has 112 valence electrons. The summed E-state index contributed by atoms with van der Waals surface area (Å²) in [6, 6.07) is 2.71. The van der Waals surface area contributed by atoms with Crippen molar-refractivity contribution in [3.05, 3.63) is 33.9 Å². The number of ether oxygens (including phenoxy) is 1. The molecule has 2 N–H and O–H groups in total. The molecular formula is C13H14N2O6. The lowest BCUT2D eigenvalue weighted by Crippen LogP contribution is -2.42. The van der Waals surface area contributed by atoms with Gasteiger partial charge in [0.25, 0.3) is 5.91 Å². The van der Waals surface area contributed by atoms with Gasteiger partial charge in [-0.2, -0.15) is 0 Å². The van der Waals surface area contributed by atoms with E-state index in [1.165, 1.54) is 19.2 Å². The fourth-order valence-corrected chi connectivity index (χ4v) is 2.01. The van der Waals surface area contributed by atoms with Crippen molar-refractivity contribution in [2.45, 2.75) is 18.9 Å². The quantitative estimate of drug-likeness (QED) is 0.601. The maximum absolute atomic E-state index is 12.0. The zero-order valence-corrected chi connectivity index (χ0v) is 11.2. The molecule has 21 heavy (non-hydrogen) atoms. The van der Waals surface area contributed by atoms with Crippen molar-refractivity contribution in [2.24, 2.45) is 5.92 Å². The van der Waals surface area contributed by atoms with Gasteiger partial charge in [-0.05, 0) is 24.8 Å². The Morgan fingerprint density at radius 1 is 1.48 bits per heavy atom. The number of rotatable bonds is 6. The molecule has 1 unspecified atom stereocenters. The van der Waals surface area contributed by atoms with E-state index in [-0.39, 0.29) is 22.9 Å². The zero-order valence-electron chi connectivity index (χ0n) is 11.2. The van der Waals surface area contributed by atoms with Crippen LogP contribution in [0.15, 0.2) is 18.2 Å². The Bertz CT molecular complexity index is 596. The largest absolute Gasteiger partial charge is 0.490 e. The summed E-state index contributed by atoms with van der Waals surface area (Å²) in [7, 11) is 1.26. The molecule has 0 heterocycles. The fraction of sp³-hybridized carbons (Fsp3) is 0.385. The second-order valence-corrected chi connectivity index (χ2v) is 4.77. The highest BCUT2D eigenvalue weighted by Crippen LogP contribution is 2.33. The van der Waals surface area contributed by atoms with Gasteiger partial charge in [0, 0.05) is 17.7 Å². The van der Waals surface area contributed by atoms with Crippen LogP contribution >= 0.6 is 0 Å². The van der Waals surface area contributed by atoms with Crippen LogP contribution < -0.4 is 10.1 Å². The van der Waals surface area contributed by atoms with Crippen LogP contribution in [0.2, 0.25) is 0 Å². The molecule has 0 aromatic heterocycles. The van der Waals surface area contributed by atoms with Crippen LogP contribution in [0.5, 0.6) is 5.75 Å². The molecule has 1 atom stereocenters. The number of amides is 1. The fourth-order valence-electron chi connectivity index (χ4n) is 2.01. The number of carboxylic acid groups (broad SMARTS) is 1. The van der Waals surface area contributed by atoms with E-state index < -0.39 is 22.8 Å². The van der Waals surface area contributed by atoms with E-state index in [1.807, 2.05) is 0 Å². The minimum atomic E-state index is -1.08. The van der Waals surface area contributed by atoms with Crippen molar-refractivity contribution in [1.82, 2.24) is 5.32 Å². The van der Waals surface area contributed by atoms with Crippen molar-refractivity contribution in [1.29, 1.82) is 0 Å². The van der Waals surface area contributed by atoms with Gasteiger partial charge in [-0.1, -0.05) is 0 Å². The van der Waals surface area contributed by atoms with Crippen LogP contribution in [0.4, 0.5) is 5.69 Å². The normalized spacial score (nSPS) is 15.1. The highest BCUT2D eigenvalue weighted by Gasteiger charge is 2.37. The molecule has 0 spiro atoms. The van der Waals surface area contributed by atoms with Crippen molar-refractivity contribution in [3.8, 4) is 5.75 Å². The number of aliphatic carboxylic acids is 1. The Hall–Kier alpha value is -2.64. The van der Waals surface area contributed by atoms with E-state index in [9.17, 15) is 19.7 Å². The number of nitro benzene ring substituents is 1. The number of carboxylic acids is 1. The lowest BCUT2D eigenvalue weighted by atomic mass is 10.1. The van der Waals surface area contributed by atoms with Gasteiger partial charge in [0.1, 0.15) is 6.04 Å². The van der Waals surface area contributed by atoms with Crippen LogP contribution in [-0.4, -0.2) is 35.1 Å². The molecule has 8 nitrogen and oxygen atoms in total. The first-order chi connectivity index (χ1) is 9.93. The Morgan fingerprint density at radius 3 is 2.62 bits per heavy atom. The Kier molecular flexibility index (Phi) is 4.06. The summed E-state index contributed by atoms with van der Waals surface area (Å²) in [5.74, 6) is -1.78. The number of methoxy groups -OCH3 is 1. The first-order valence-corrected chi connectivity index (χ1v) is 6.30. The molecule has 1 aliphatic carbocycles. The van der Waals surface area contributed by atoms with E-state index in [2.05, 4.69) is 5.32 Å². The maximum atomic E-state index is 12.0. The first-order valence-electron chi connectivity index (χ1n) is 6.30. The molecule has 1 saturated carbocycles. The summed E-state index contributed by atoms with van der Waals surface area (Å²) in [4.78, 5) is 33.3. The summed E-state index contributed by atoms with van der Waals surface area (Å²) < 4.78 is 4.87. The highest BCUT2D eigenvalue weighted by atomic mass is 16.6. The average molecular weight is 294 g/mol. The first kappa shape index (κ1) is 14.8. The van der Waals surface area contributed by atoms with E-state index in [4.69, 9.17) is 9.84 Å². The van der Waals surface area contributed by atoms with Crippen LogP contribution in [0.1, 0.15) is 23.2 Å². The lowest BCUT2D eigenvalue weighted by molar-refractivity contribution is -0.385. The van der Waals surface area contributed by atoms with Crippen LogP contribution in [0, 0.1) is 16.0 Å². The second-order valence-electron chi connectivity index (χ2n) is 4.77. The number of nitro groups is 1. The van der Waals surface area contributed by atoms with Crippen molar-refractivity contribution in [2.75, 3.05) is 7.11 Å². The number of carbonyl (C=O) groups excluding carboxylic acids is 1. The number of nitrogens with one attached hydrogen (secondary N) is 1. The smallest absolute Gasteiger partial charge is 0.326 e. The SMILES string of the molecule is COc1cc(C(=O)NC(C(=O)O)C2CC2)ccc1[N+](=O)[O-].